The Morgan fingerprint density at radius 2 is 1.75 bits per heavy atom. The van der Waals surface area contributed by atoms with Crippen molar-refractivity contribution in [3.8, 4) is 11.5 Å². The van der Waals surface area contributed by atoms with Crippen molar-refractivity contribution in [1.29, 1.82) is 0 Å². The summed E-state index contributed by atoms with van der Waals surface area (Å²) in [5.41, 5.74) is 1.23. The molecule has 5 rings (SSSR count). The highest BCUT2D eigenvalue weighted by atomic mass is 16.6. The summed E-state index contributed by atoms with van der Waals surface area (Å²) in [5, 5.41) is 4.33. The minimum absolute atomic E-state index is 0.126. The summed E-state index contributed by atoms with van der Waals surface area (Å²) in [6.07, 6.45) is 5.23. The van der Waals surface area contributed by atoms with E-state index in [0.717, 1.165) is 46.9 Å². The van der Waals surface area contributed by atoms with Crippen LogP contribution in [0.25, 0.3) is 11.0 Å². The molecule has 1 aliphatic rings. The second-order valence-corrected chi connectivity index (χ2v) is 9.97. The van der Waals surface area contributed by atoms with Crippen molar-refractivity contribution in [2.75, 3.05) is 18.4 Å². The van der Waals surface area contributed by atoms with Crippen molar-refractivity contribution in [2.24, 2.45) is 0 Å². The lowest BCUT2D eigenvalue weighted by Gasteiger charge is -2.34. The Hall–Kier alpha value is -4.07. The molecule has 186 valence electrons. The minimum atomic E-state index is -0.510. The fourth-order valence-electron chi connectivity index (χ4n) is 4.41. The minimum Gasteiger partial charge on any atom is -0.457 e. The van der Waals surface area contributed by atoms with Crippen LogP contribution in [0.15, 0.2) is 73.2 Å². The molecule has 36 heavy (non-hydrogen) atoms. The van der Waals surface area contributed by atoms with Crippen molar-refractivity contribution in [3.05, 3.63) is 73.2 Å². The average Bonchev–Trinajstić information content (AvgIpc) is 3.30. The summed E-state index contributed by atoms with van der Waals surface area (Å²) in [6, 6.07) is 19.6. The predicted molar refractivity (Wildman–Crippen MR) is 140 cm³/mol. The maximum atomic E-state index is 12.6. The van der Waals surface area contributed by atoms with E-state index in [9.17, 15) is 4.79 Å². The number of anilines is 2. The first kappa shape index (κ1) is 23.7. The monoisotopic (exact) mass is 485 g/mol. The number of hydrogen-bond acceptors (Lipinski definition) is 6. The number of nitrogens with one attached hydrogen (secondary N) is 1. The number of carbonyl (C=O) groups excluding carboxylic acids is 1. The first-order valence-corrected chi connectivity index (χ1v) is 12.3. The van der Waals surface area contributed by atoms with Crippen molar-refractivity contribution in [1.82, 2.24) is 19.4 Å². The van der Waals surface area contributed by atoms with E-state index in [1.165, 1.54) is 0 Å². The van der Waals surface area contributed by atoms with Gasteiger partial charge in [-0.2, -0.15) is 0 Å². The van der Waals surface area contributed by atoms with Crippen LogP contribution in [0.3, 0.4) is 0 Å². The Kier molecular flexibility index (Phi) is 6.50. The average molecular weight is 486 g/mol. The zero-order valence-corrected chi connectivity index (χ0v) is 20.8. The molecule has 1 amide bonds. The molecule has 1 saturated heterocycles. The van der Waals surface area contributed by atoms with Crippen LogP contribution in [-0.2, 0) is 4.74 Å². The van der Waals surface area contributed by atoms with E-state index in [1.54, 1.807) is 11.2 Å². The molecule has 3 heterocycles. The Bertz CT molecular complexity index is 1330. The highest BCUT2D eigenvalue weighted by Gasteiger charge is 2.29. The first-order valence-electron chi connectivity index (χ1n) is 12.3. The topological polar surface area (TPSA) is 81.5 Å². The fraction of sp³-hybridized carbons (Fsp3) is 0.321. The molecule has 1 N–H and O–H groups in total. The number of rotatable bonds is 5. The number of carbonyl (C=O) groups is 1. The summed E-state index contributed by atoms with van der Waals surface area (Å²) in [7, 11) is 0. The number of piperidine rings is 1. The molecule has 8 nitrogen and oxygen atoms in total. The standard InChI is InChI=1S/C28H31N5O3/c1-28(2,3)36-27(34)32-16-7-8-21(18-32)33-17-15-24-25(29-19-30-26(24)33)31-20-11-13-23(14-12-20)35-22-9-5-4-6-10-22/h4-6,9-15,17,19,21H,7-8,16,18H2,1-3H3,(H,29,30,31)/t21-/m1/s1. The van der Waals surface area contributed by atoms with Gasteiger partial charge in [0.1, 0.15) is 34.9 Å². The van der Waals surface area contributed by atoms with Gasteiger partial charge in [0.25, 0.3) is 0 Å². The van der Waals surface area contributed by atoms with Gasteiger partial charge in [-0.05, 0) is 76.1 Å². The largest absolute Gasteiger partial charge is 0.457 e. The molecule has 2 aromatic carbocycles. The smallest absolute Gasteiger partial charge is 0.410 e. The summed E-state index contributed by atoms with van der Waals surface area (Å²) in [4.78, 5) is 23.5. The quantitative estimate of drug-likeness (QED) is 0.346. The van der Waals surface area contributed by atoms with Crippen LogP contribution in [0.5, 0.6) is 11.5 Å². The van der Waals surface area contributed by atoms with E-state index in [4.69, 9.17) is 9.47 Å². The number of para-hydroxylation sites is 1. The molecular weight excluding hydrogens is 454 g/mol. The Morgan fingerprint density at radius 1 is 1.00 bits per heavy atom. The van der Waals surface area contributed by atoms with E-state index in [2.05, 4.69) is 19.9 Å². The summed E-state index contributed by atoms with van der Waals surface area (Å²) < 4.78 is 13.6. The summed E-state index contributed by atoms with van der Waals surface area (Å²) >= 11 is 0. The molecule has 1 aliphatic heterocycles. The van der Waals surface area contributed by atoms with Gasteiger partial charge in [0.2, 0.25) is 0 Å². The molecule has 0 aliphatic carbocycles. The van der Waals surface area contributed by atoms with Crippen LogP contribution in [0.4, 0.5) is 16.3 Å². The number of hydrogen-bond donors (Lipinski definition) is 1. The van der Waals surface area contributed by atoms with Gasteiger partial charge in [-0.1, -0.05) is 18.2 Å². The number of likely N-dealkylation sites (tertiary alicyclic amines) is 1. The highest BCUT2D eigenvalue weighted by Crippen LogP contribution is 2.31. The molecular formula is C28H31N5O3. The second-order valence-electron chi connectivity index (χ2n) is 9.97. The van der Waals surface area contributed by atoms with E-state index in [1.807, 2.05) is 87.6 Å². The maximum Gasteiger partial charge on any atom is 0.410 e. The van der Waals surface area contributed by atoms with Crippen LogP contribution < -0.4 is 10.1 Å². The third-order valence-electron chi connectivity index (χ3n) is 6.05. The number of nitrogens with zero attached hydrogens (tertiary/aromatic N) is 4. The maximum absolute atomic E-state index is 12.6. The number of ether oxygens (including phenoxy) is 2. The number of aromatic nitrogens is 3. The Balaban J connectivity index is 1.31. The van der Waals surface area contributed by atoms with Crippen LogP contribution in [-0.4, -0.2) is 44.2 Å². The van der Waals surface area contributed by atoms with E-state index >= 15 is 0 Å². The van der Waals surface area contributed by atoms with Gasteiger partial charge in [0.05, 0.1) is 11.4 Å². The molecule has 0 saturated carbocycles. The van der Waals surface area contributed by atoms with E-state index in [-0.39, 0.29) is 12.1 Å². The lowest BCUT2D eigenvalue weighted by molar-refractivity contribution is 0.0174. The molecule has 0 bridgehead atoms. The van der Waals surface area contributed by atoms with Crippen molar-refractivity contribution < 1.29 is 14.3 Å². The zero-order valence-electron chi connectivity index (χ0n) is 20.8. The summed E-state index contributed by atoms with van der Waals surface area (Å²) in [5.74, 6) is 2.29. The fourth-order valence-corrected chi connectivity index (χ4v) is 4.41. The lowest BCUT2D eigenvalue weighted by Crippen LogP contribution is -2.43. The molecule has 8 heteroatoms. The van der Waals surface area contributed by atoms with Crippen molar-refractivity contribution in [2.45, 2.75) is 45.3 Å². The van der Waals surface area contributed by atoms with E-state index < -0.39 is 5.60 Å². The predicted octanol–water partition coefficient (Wildman–Crippen LogP) is 6.54. The first-order chi connectivity index (χ1) is 17.4. The molecule has 1 fully saturated rings. The normalized spacial score (nSPS) is 16.1. The van der Waals surface area contributed by atoms with Gasteiger partial charge in [-0.3, -0.25) is 0 Å². The molecule has 0 spiro atoms. The second kappa shape index (κ2) is 9.89. The van der Waals surface area contributed by atoms with E-state index in [0.29, 0.717) is 13.1 Å². The SMILES string of the molecule is CC(C)(C)OC(=O)N1CCC[C@@H](n2ccc3c(Nc4ccc(Oc5ccccc5)cc4)ncnc32)C1. The molecule has 2 aromatic heterocycles. The highest BCUT2D eigenvalue weighted by molar-refractivity contribution is 5.89. The number of fused-ring (bicyclic) bond motifs is 1. The van der Waals surface area contributed by atoms with Crippen molar-refractivity contribution in [3.63, 3.8) is 0 Å². The van der Waals surface area contributed by atoms with Crippen molar-refractivity contribution >= 4 is 28.6 Å². The molecule has 0 radical (unpaired) electrons. The third-order valence-corrected chi connectivity index (χ3v) is 6.05. The molecule has 1 atom stereocenters. The van der Waals surface area contributed by atoms with Crippen LogP contribution in [0, 0.1) is 0 Å². The Morgan fingerprint density at radius 3 is 2.50 bits per heavy atom. The van der Waals surface area contributed by atoms with Crippen LogP contribution >= 0.6 is 0 Å². The van der Waals surface area contributed by atoms with Gasteiger partial charge in [0, 0.05) is 25.0 Å². The molecule has 4 aromatic rings. The summed E-state index contributed by atoms with van der Waals surface area (Å²) in [6.45, 7) is 6.97. The Labute approximate surface area is 210 Å². The third kappa shape index (κ3) is 5.43. The number of amides is 1. The van der Waals surface area contributed by atoms with Gasteiger partial charge < -0.3 is 24.3 Å². The van der Waals surface area contributed by atoms with Gasteiger partial charge in [-0.15, -0.1) is 0 Å². The van der Waals surface area contributed by atoms with Crippen LogP contribution in [0.1, 0.15) is 39.7 Å². The van der Waals surface area contributed by atoms with Gasteiger partial charge in [-0.25, -0.2) is 14.8 Å². The van der Waals surface area contributed by atoms with Crippen LogP contribution in [0.2, 0.25) is 0 Å². The number of benzene rings is 2. The lowest BCUT2D eigenvalue weighted by atomic mass is 10.1. The molecule has 0 unspecified atom stereocenters. The van der Waals surface area contributed by atoms with Gasteiger partial charge >= 0.3 is 6.09 Å². The van der Waals surface area contributed by atoms with Gasteiger partial charge in [0.15, 0.2) is 0 Å². The zero-order chi connectivity index (χ0) is 25.1.